The van der Waals surface area contributed by atoms with Gasteiger partial charge in [0, 0.05) is 6.04 Å². The molecule has 0 aliphatic heterocycles. The number of hydrogen-bond donors (Lipinski definition) is 1. The largest absolute Gasteiger partial charge is 0.316 e. The summed E-state index contributed by atoms with van der Waals surface area (Å²) in [4.78, 5) is 0. The van der Waals surface area contributed by atoms with Crippen LogP contribution < -0.4 is 5.32 Å². The van der Waals surface area contributed by atoms with Gasteiger partial charge < -0.3 is 5.32 Å². The Morgan fingerprint density at radius 3 is 2.37 bits per heavy atom. The van der Waals surface area contributed by atoms with Gasteiger partial charge in [-0.15, -0.1) is 0 Å². The molecule has 1 nitrogen and oxygen atoms in total. The lowest BCUT2D eigenvalue weighted by Crippen LogP contribution is -2.39. The van der Waals surface area contributed by atoms with Crippen molar-refractivity contribution in [3.8, 4) is 0 Å². The quantitative estimate of drug-likeness (QED) is 0.854. The molecular formula is C18H29N. The fourth-order valence-electron chi connectivity index (χ4n) is 3.44. The Morgan fingerprint density at radius 1 is 1.11 bits per heavy atom. The Kier molecular flexibility index (Phi) is 5.04. The summed E-state index contributed by atoms with van der Waals surface area (Å²) in [5.74, 6) is 2.64. The number of hydrogen-bond acceptors (Lipinski definition) is 1. The van der Waals surface area contributed by atoms with Crippen LogP contribution in [0.2, 0.25) is 0 Å². The van der Waals surface area contributed by atoms with E-state index in [0.717, 1.165) is 17.8 Å². The van der Waals surface area contributed by atoms with E-state index in [9.17, 15) is 0 Å². The van der Waals surface area contributed by atoms with Gasteiger partial charge in [0.15, 0.2) is 0 Å². The van der Waals surface area contributed by atoms with E-state index in [1.165, 1.54) is 36.8 Å². The molecule has 4 unspecified atom stereocenters. The Hall–Kier alpha value is -0.820. The van der Waals surface area contributed by atoms with Gasteiger partial charge in [-0.1, -0.05) is 50.1 Å². The normalized spacial score (nSPS) is 29.2. The van der Waals surface area contributed by atoms with Gasteiger partial charge >= 0.3 is 0 Å². The zero-order valence-electron chi connectivity index (χ0n) is 12.9. The molecule has 1 N–H and O–H groups in total. The summed E-state index contributed by atoms with van der Waals surface area (Å²) in [5.41, 5.74) is 2.82. The molecule has 1 heteroatoms. The summed E-state index contributed by atoms with van der Waals surface area (Å²) in [6.07, 6.45) is 5.35. The lowest BCUT2D eigenvalue weighted by atomic mass is 9.72. The summed E-state index contributed by atoms with van der Waals surface area (Å²) in [5, 5.41) is 3.57. The molecule has 0 radical (unpaired) electrons. The van der Waals surface area contributed by atoms with Crippen LogP contribution in [0.5, 0.6) is 0 Å². The van der Waals surface area contributed by atoms with E-state index in [4.69, 9.17) is 0 Å². The minimum Gasteiger partial charge on any atom is -0.316 e. The van der Waals surface area contributed by atoms with Crippen molar-refractivity contribution < 1.29 is 0 Å². The van der Waals surface area contributed by atoms with Gasteiger partial charge in [-0.3, -0.25) is 0 Å². The van der Waals surface area contributed by atoms with Crippen molar-refractivity contribution in [2.75, 3.05) is 7.05 Å². The van der Waals surface area contributed by atoms with Crippen LogP contribution in [-0.2, 0) is 6.42 Å². The molecule has 0 saturated heterocycles. The molecule has 1 saturated carbocycles. The minimum absolute atomic E-state index is 0.637. The highest BCUT2D eigenvalue weighted by Gasteiger charge is 2.29. The van der Waals surface area contributed by atoms with Gasteiger partial charge in [0.05, 0.1) is 0 Å². The van der Waals surface area contributed by atoms with Crippen LogP contribution in [0.25, 0.3) is 0 Å². The van der Waals surface area contributed by atoms with Crippen molar-refractivity contribution in [3.63, 3.8) is 0 Å². The standard InChI is InChI=1S/C18H29N/c1-13-5-8-16(9-6-13)12-18(19-4)17-10-7-14(2)15(3)11-17/h5-6,8-9,14-15,17-19H,7,10-12H2,1-4H3. The van der Waals surface area contributed by atoms with Crippen LogP contribution in [0.1, 0.15) is 44.2 Å². The average molecular weight is 259 g/mol. The third kappa shape index (κ3) is 3.82. The second-order valence-corrected chi connectivity index (χ2v) is 6.61. The number of rotatable bonds is 4. The number of benzene rings is 1. The summed E-state index contributed by atoms with van der Waals surface area (Å²) < 4.78 is 0. The summed E-state index contributed by atoms with van der Waals surface area (Å²) in [6, 6.07) is 9.67. The van der Waals surface area contributed by atoms with E-state index in [2.05, 4.69) is 57.4 Å². The van der Waals surface area contributed by atoms with Gasteiger partial charge in [0.2, 0.25) is 0 Å². The molecule has 0 amide bonds. The zero-order valence-corrected chi connectivity index (χ0v) is 12.9. The molecule has 1 aliphatic carbocycles. The molecule has 19 heavy (non-hydrogen) atoms. The first-order valence-electron chi connectivity index (χ1n) is 7.83. The third-order valence-corrected chi connectivity index (χ3v) is 5.15. The molecule has 0 aromatic heterocycles. The fraction of sp³-hybridized carbons (Fsp3) is 0.667. The van der Waals surface area contributed by atoms with E-state index in [-0.39, 0.29) is 0 Å². The van der Waals surface area contributed by atoms with Crippen LogP contribution in [0.4, 0.5) is 0 Å². The van der Waals surface area contributed by atoms with E-state index in [0.29, 0.717) is 6.04 Å². The molecular weight excluding hydrogens is 230 g/mol. The highest BCUT2D eigenvalue weighted by molar-refractivity contribution is 5.22. The molecule has 1 aliphatic rings. The SMILES string of the molecule is CNC(Cc1ccc(C)cc1)C1CCC(C)C(C)C1. The second-order valence-electron chi connectivity index (χ2n) is 6.61. The summed E-state index contributed by atoms with van der Waals surface area (Å²) in [7, 11) is 2.13. The first-order chi connectivity index (χ1) is 9.10. The molecule has 0 bridgehead atoms. The van der Waals surface area contributed by atoms with Crippen LogP contribution in [0, 0.1) is 24.7 Å². The molecule has 0 spiro atoms. The van der Waals surface area contributed by atoms with Gasteiger partial charge in [0.25, 0.3) is 0 Å². The topological polar surface area (TPSA) is 12.0 Å². The summed E-state index contributed by atoms with van der Waals surface area (Å²) in [6.45, 7) is 6.99. The highest BCUT2D eigenvalue weighted by Crippen LogP contribution is 2.35. The molecule has 2 rings (SSSR count). The molecule has 106 valence electrons. The Bertz CT molecular complexity index is 381. The molecule has 1 fully saturated rings. The first kappa shape index (κ1) is 14.6. The van der Waals surface area contributed by atoms with E-state index in [1.807, 2.05) is 0 Å². The molecule has 1 aromatic rings. The van der Waals surface area contributed by atoms with Crippen LogP contribution in [-0.4, -0.2) is 13.1 Å². The predicted molar refractivity (Wildman–Crippen MR) is 83.4 cm³/mol. The second kappa shape index (κ2) is 6.56. The lowest BCUT2D eigenvalue weighted by molar-refractivity contribution is 0.173. The summed E-state index contributed by atoms with van der Waals surface area (Å²) >= 11 is 0. The minimum atomic E-state index is 0.637. The predicted octanol–water partition coefficient (Wildman–Crippen LogP) is 4.20. The Balaban J connectivity index is 1.98. The van der Waals surface area contributed by atoms with Gasteiger partial charge in [-0.05, 0) is 56.6 Å². The third-order valence-electron chi connectivity index (χ3n) is 5.15. The number of aryl methyl sites for hydroxylation is 1. The maximum Gasteiger partial charge on any atom is 0.0133 e. The Morgan fingerprint density at radius 2 is 1.79 bits per heavy atom. The van der Waals surface area contributed by atoms with Crippen LogP contribution >= 0.6 is 0 Å². The van der Waals surface area contributed by atoms with Gasteiger partial charge in [-0.2, -0.15) is 0 Å². The fourth-order valence-corrected chi connectivity index (χ4v) is 3.44. The molecule has 0 heterocycles. The maximum atomic E-state index is 3.57. The van der Waals surface area contributed by atoms with Crippen molar-refractivity contribution in [2.45, 2.75) is 52.5 Å². The maximum absolute atomic E-state index is 3.57. The van der Waals surface area contributed by atoms with Crippen molar-refractivity contribution >= 4 is 0 Å². The highest BCUT2D eigenvalue weighted by atomic mass is 14.9. The first-order valence-corrected chi connectivity index (χ1v) is 7.83. The zero-order chi connectivity index (χ0) is 13.8. The average Bonchev–Trinajstić information content (AvgIpc) is 2.41. The van der Waals surface area contributed by atoms with E-state index < -0.39 is 0 Å². The smallest absolute Gasteiger partial charge is 0.0133 e. The van der Waals surface area contributed by atoms with Crippen molar-refractivity contribution in [1.82, 2.24) is 5.32 Å². The van der Waals surface area contributed by atoms with E-state index in [1.54, 1.807) is 0 Å². The van der Waals surface area contributed by atoms with Gasteiger partial charge in [0.1, 0.15) is 0 Å². The van der Waals surface area contributed by atoms with Crippen LogP contribution in [0.3, 0.4) is 0 Å². The van der Waals surface area contributed by atoms with Crippen molar-refractivity contribution in [1.29, 1.82) is 0 Å². The van der Waals surface area contributed by atoms with Gasteiger partial charge in [-0.25, -0.2) is 0 Å². The number of likely N-dealkylation sites (N-methyl/N-ethyl adjacent to an activating group) is 1. The monoisotopic (exact) mass is 259 g/mol. The molecule has 1 aromatic carbocycles. The van der Waals surface area contributed by atoms with Crippen molar-refractivity contribution in [3.05, 3.63) is 35.4 Å². The van der Waals surface area contributed by atoms with E-state index >= 15 is 0 Å². The lowest BCUT2D eigenvalue weighted by Gasteiger charge is -2.36. The number of nitrogens with one attached hydrogen (secondary N) is 1. The molecule has 4 atom stereocenters. The van der Waals surface area contributed by atoms with Crippen LogP contribution in [0.15, 0.2) is 24.3 Å². The van der Waals surface area contributed by atoms with Crippen molar-refractivity contribution in [2.24, 2.45) is 17.8 Å². The Labute approximate surface area is 118 Å².